The van der Waals surface area contributed by atoms with E-state index in [0.29, 0.717) is 18.3 Å². The first-order valence-electron chi connectivity index (χ1n) is 8.46. The maximum atomic E-state index is 12.3. The number of rotatable bonds is 3. The topological polar surface area (TPSA) is 58.1 Å². The van der Waals surface area contributed by atoms with Crippen molar-refractivity contribution in [1.29, 1.82) is 0 Å². The Morgan fingerprint density at radius 3 is 3.18 bits per heavy atom. The second kappa shape index (κ2) is 6.73. The summed E-state index contributed by atoms with van der Waals surface area (Å²) in [5.74, 6) is 1.93. The molecule has 1 N–H and O–H groups in total. The van der Waals surface area contributed by atoms with Gasteiger partial charge in [-0.2, -0.15) is 0 Å². The van der Waals surface area contributed by atoms with Crippen molar-refractivity contribution in [2.24, 2.45) is 5.92 Å². The van der Waals surface area contributed by atoms with Crippen LogP contribution in [0, 0.1) is 5.92 Å². The summed E-state index contributed by atoms with van der Waals surface area (Å²) in [7, 11) is 0. The first kappa shape index (κ1) is 15.4. The lowest BCUT2D eigenvalue weighted by molar-refractivity contribution is -0.133. The molecule has 120 valence electrons. The molecule has 1 aromatic heterocycles. The minimum atomic E-state index is 0.280. The minimum Gasteiger partial charge on any atom is -0.342 e. The van der Waals surface area contributed by atoms with Crippen molar-refractivity contribution in [1.82, 2.24) is 20.2 Å². The van der Waals surface area contributed by atoms with Gasteiger partial charge in [-0.1, -0.05) is 13.8 Å². The van der Waals surface area contributed by atoms with Crippen LogP contribution in [-0.4, -0.2) is 40.4 Å². The Morgan fingerprint density at radius 2 is 2.36 bits per heavy atom. The molecule has 2 aliphatic heterocycles. The molecule has 1 amide bonds. The number of nitrogens with zero attached hydrogens (tertiary/aromatic N) is 3. The van der Waals surface area contributed by atoms with Gasteiger partial charge in [-0.05, 0) is 18.8 Å². The van der Waals surface area contributed by atoms with E-state index in [-0.39, 0.29) is 5.91 Å². The van der Waals surface area contributed by atoms with Crippen LogP contribution in [0.5, 0.6) is 0 Å². The number of aromatic nitrogens is 2. The third-order valence-corrected chi connectivity index (χ3v) is 4.55. The number of piperidine rings is 1. The molecule has 1 unspecified atom stereocenters. The number of carbonyl (C=O) groups excluding carboxylic acids is 1. The van der Waals surface area contributed by atoms with Gasteiger partial charge in [0.15, 0.2) is 0 Å². The summed E-state index contributed by atoms with van der Waals surface area (Å²) in [5, 5.41) is 3.35. The molecule has 2 aliphatic rings. The molecule has 0 bridgehead atoms. The van der Waals surface area contributed by atoms with Crippen LogP contribution in [0.2, 0.25) is 0 Å². The molecule has 5 heteroatoms. The van der Waals surface area contributed by atoms with E-state index >= 15 is 0 Å². The number of fused-ring (bicyclic) bond motifs is 1. The normalized spacial score (nSPS) is 21.8. The average Bonchev–Trinajstić information content (AvgIpc) is 2.54. The molecule has 0 radical (unpaired) electrons. The zero-order valence-electron chi connectivity index (χ0n) is 13.6. The number of carbonyl (C=O) groups is 1. The molecular weight excluding hydrogens is 276 g/mol. The van der Waals surface area contributed by atoms with Crippen molar-refractivity contribution < 1.29 is 4.79 Å². The van der Waals surface area contributed by atoms with Crippen LogP contribution < -0.4 is 5.32 Å². The Bertz CT molecular complexity index is 543. The predicted molar refractivity (Wildman–Crippen MR) is 85.5 cm³/mol. The first-order valence-corrected chi connectivity index (χ1v) is 8.46. The largest absolute Gasteiger partial charge is 0.342 e. The van der Waals surface area contributed by atoms with Gasteiger partial charge in [0.25, 0.3) is 0 Å². The van der Waals surface area contributed by atoms with E-state index in [4.69, 9.17) is 4.98 Å². The van der Waals surface area contributed by atoms with Gasteiger partial charge >= 0.3 is 0 Å². The number of hydrogen-bond acceptors (Lipinski definition) is 4. The monoisotopic (exact) mass is 302 g/mol. The highest BCUT2D eigenvalue weighted by Crippen LogP contribution is 2.26. The van der Waals surface area contributed by atoms with Gasteiger partial charge in [0, 0.05) is 62.4 Å². The van der Waals surface area contributed by atoms with E-state index in [1.54, 1.807) is 0 Å². The van der Waals surface area contributed by atoms with E-state index in [9.17, 15) is 4.79 Å². The Morgan fingerprint density at radius 1 is 1.50 bits per heavy atom. The highest BCUT2D eigenvalue weighted by Gasteiger charge is 2.27. The Labute approximate surface area is 132 Å². The average molecular weight is 302 g/mol. The van der Waals surface area contributed by atoms with Gasteiger partial charge in [0.05, 0.1) is 0 Å². The Hall–Kier alpha value is -1.49. The van der Waals surface area contributed by atoms with E-state index in [1.807, 2.05) is 11.1 Å². The Kier molecular flexibility index (Phi) is 4.71. The van der Waals surface area contributed by atoms with Gasteiger partial charge in [-0.3, -0.25) is 4.79 Å². The quantitative estimate of drug-likeness (QED) is 0.926. The lowest BCUT2D eigenvalue weighted by Crippen LogP contribution is -2.40. The molecule has 0 aromatic carbocycles. The van der Waals surface area contributed by atoms with Crippen molar-refractivity contribution in [3.63, 3.8) is 0 Å². The zero-order chi connectivity index (χ0) is 15.5. The maximum Gasteiger partial charge on any atom is 0.222 e. The minimum absolute atomic E-state index is 0.280. The number of likely N-dealkylation sites (tertiary alicyclic amines) is 1. The van der Waals surface area contributed by atoms with Crippen molar-refractivity contribution >= 4 is 5.91 Å². The van der Waals surface area contributed by atoms with Crippen LogP contribution in [0.25, 0.3) is 0 Å². The lowest BCUT2D eigenvalue weighted by Gasteiger charge is -2.33. The van der Waals surface area contributed by atoms with Crippen molar-refractivity contribution in [3.8, 4) is 0 Å². The van der Waals surface area contributed by atoms with Gasteiger partial charge < -0.3 is 10.2 Å². The van der Waals surface area contributed by atoms with Crippen LogP contribution in [0.4, 0.5) is 0 Å². The second-order valence-electron chi connectivity index (χ2n) is 6.90. The summed E-state index contributed by atoms with van der Waals surface area (Å²) in [6, 6.07) is 0. The molecule has 1 saturated heterocycles. The third kappa shape index (κ3) is 3.46. The number of nitrogens with one attached hydrogen (secondary N) is 1. The molecule has 3 heterocycles. The van der Waals surface area contributed by atoms with E-state index in [2.05, 4.69) is 24.1 Å². The predicted octanol–water partition coefficient (Wildman–Crippen LogP) is 1.87. The molecular formula is C17H26N4O. The van der Waals surface area contributed by atoms with Crippen LogP contribution >= 0.6 is 0 Å². The Balaban J connectivity index is 1.70. The summed E-state index contributed by atoms with van der Waals surface area (Å²) in [4.78, 5) is 23.7. The molecule has 1 fully saturated rings. The summed E-state index contributed by atoms with van der Waals surface area (Å²) < 4.78 is 0. The van der Waals surface area contributed by atoms with E-state index in [1.165, 1.54) is 11.3 Å². The van der Waals surface area contributed by atoms with Crippen molar-refractivity contribution in [3.05, 3.63) is 23.3 Å². The number of hydrogen-bond donors (Lipinski definition) is 1. The molecule has 1 aromatic rings. The maximum absolute atomic E-state index is 12.3. The summed E-state index contributed by atoms with van der Waals surface area (Å²) in [6.45, 7) is 7.73. The van der Waals surface area contributed by atoms with Crippen molar-refractivity contribution in [2.45, 2.75) is 52.0 Å². The van der Waals surface area contributed by atoms with E-state index in [0.717, 1.165) is 51.3 Å². The second-order valence-corrected chi connectivity index (χ2v) is 6.90. The zero-order valence-corrected chi connectivity index (χ0v) is 13.6. The van der Waals surface area contributed by atoms with Crippen LogP contribution in [0.15, 0.2) is 6.20 Å². The highest BCUT2D eigenvalue weighted by molar-refractivity contribution is 5.76. The fourth-order valence-electron chi connectivity index (χ4n) is 3.34. The molecule has 22 heavy (non-hydrogen) atoms. The van der Waals surface area contributed by atoms with Gasteiger partial charge in [0.1, 0.15) is 5.82 Å². The molecule has 1 atom stereocenters. The van der Waals surface area contributed by atoms with Crippen LogP contribution in [0.3, 0.4) is 0 Å². The lowest BCUT2D eigenvalue weighted by atomic mass is 9.95. The van der Waals surface area contributed by atoms with E-state index < -0.39 is 0 Å². The highest BCUT2D eigenvalue weighted by atomic mass is 16.2. The number of amides is 1. The molecule has 5 nitrogen and oxygen atoms in total. The smallest absolute Gasteiger partial charge is 0.222 e. The fourth-order valence-corrected chi connectivity index (χ4v) is 3.34. The summed E-state index contributed by atoms with van der Waals surface area (Å²) in [5.41, 5.74) is 2.41. The molecule has 3 rings (SSSR count). The van der Waals surface area contributed by atoms with Gasteiger partial charge in [-0.25, -0.2) is 9.97 Å². The fraction of sp³-hybridized carbons (Fsp3) is 0.706. The SMILES string of the molecule is CC(C)CC(=O)N1CCCC(c2ncc3c(n2)CCNC3)C1. The molecule has 0 spiro atoms. The summed E-state index contributed by atoms with van der Waals surface area (Å²) in [6.07, 6.45) is 5.73. The van der Waals surface area contributed by atoms with Gasteiger partial charge in [0.2, 0.25) is 5.91 Å². The molecule has 0 saturated carbocycles. The summed E-state index contributed by atoms with van der Waals surface area (Å²) >= 11 is 0. The van der Waals surface area contributed by atoms with Crippen LogP contribution in [0.1, 0.15) is 56.1 Å². The first-order chi connectivity index (χ1) is 10.6. The molecule has 0 aliphatic carbocycles. The third-order valence-electron chi connectivity index (χ3n) is 4.55. The van der Waals surface area contributed by atoms with Gasteiger partial charge in [-0.15, -0.1) is 0 Å². The van der Waals surface area contributed by atoms with Crippen molar-refractivity contribution in [2.75, 3.05) is 19.6 Å². The van der Waals surface area contributed by atoms with Crippen LogP contribution in [-0.2, 0) is 17.8 Å². The standard InChI is InChI=1S/C17H26N4O/c1-12(2)8-16(22)21-7-3-4-13(11-21)17-19-10-14-9-18-6-5-15(14)20-17/h10,12-13,18H,3-9,11H2,1-2H3.